The van der Waals surface area contributed by atoms with Gasteiger partial charge in [0.1, 0.15) is 0 Å². The van der Waals surface area contributed by atoms with Gasteiger partial charge in [0.25, 0.3) is 5.56 Å². The fourth-order valence-electron chi connectivity index (χ4n) is 4.61. The van der Waals surface area contributed by atoms with Crippen LogP contribution in [0.4, 0.5) is 0 Å². The SMILES string of the molecule is O=C(CSc1nc2ccccc2c(=O)n1CCCC(=O)N1CCCC1)NC1CCCCC1. The van der Waals surface area contributed by atoms with Gasteiger partial charge in [-0.15, -0.1) is 0 Å². The summed E-state index contributed by atoms with van der Waals surface area (Å²) in [7, 11) is 0. The highest BCUT2D eigenvalue weighted by Gasteiger charge is 2.19. The number of thioether (sulfide) groups is 1. The summed E-state index contributed by atoms with van der Waals surface area (Å²) in [5.41, 5.74) is 0.525. The van der Waals surface area contributed by atoms with Crippen LogP contribution in [0, 0.1) is 0 Å². The van der Waals surface area contributed by atoms with Crippen LogP contribution in [0.5, 0.6) is 0 Å². The number of aromatic nitrogens is 2. The summed E-state index contributed by atoms with van der Waals surface area (Å²) in [5.74, 6) is 0.374. The average molecular weight is 457 g/mol. The van der Waals surface area contributed by atoms with Gasteiger partial charge in [-0.3, -0.25) is 19.0 Å². The second kappa shape index (κ2) is 11.0. The van der Waals surface area contributed by atoms with Crippen molar-refractivity contribution in [3.05, 3.63) is 34.6 Å². The van der Waals surface area contributed by atoms with Crippen LogP contribution in [0.3, 0.4) is 0 Å². The van der Waals surface area contributed by atoms with Crippen LogP contribution in [0.25, 0.3) is 10.9 Å². The van der Waals surface area contributed by atoms with Crippen molar-refractivity contribution in [1.82, 2.24) is 19.8 Å². The molecule has 4 rings (SSSR count). The topological polar surface area (TPSA) is 84.3 Å². The number of nitrogens with one attached hydrogen (secondary N) is 1. The monoisotopic (exact) mass is 456 g/mol. The first-order chi connectivity index (χ1) is 15.6. The average Bonchev–Trinajstić information content (AvgIpc) is 3.35. The van der Waals surface area contributed by atoms with Crippen molar-refractivity contribution in [3.63, 3.8) is 0 Å². The number of amides is 2. The van der Waals surface area contributed by atoms with E-state index in [-0.39, 0.29) is 29.2 Å². The summed E-state index contributed by atoms with van der Waals surface area (Å²) < 4.78 is 1.64. The minimum atomic E-state index is -0.112. The molecule has 2 fully saturated rings. The Bertz CT molecular complexity index is 1010. The van der Waals surface area contributed by atoms with Gasteiger partial charge in [-0.25, -0.2) is 4.98 Å². The second-order valence-corrected chi connectivity index (χ2v) is 9.69. The summed E-state index contributed by atoms with van der Waals surface area (Å²) in [5, 5.41) is 4.23. The van der Waals surface area contributed by atoms with E-state index in [1.165, 1.54) is 31.0 Å². The van der Waals surface area contributed by atoms with Crippen molar-refractivity contribution in [3.8, 4) is 0 Å². The van der Waals surface area contributed by atoms with Gasteiger partial charge in [0.05, 0.1) is 16.7 Å². The van der Waals surface area contributed by atoms with Crippen LogP contribution in [0.2, 0.25) is 0 Å². The Kier molecular flexibility index (Phi) is 7.84. The molecular formula is C24H32N4O3S. The number of nitrogens with zero attached hydrogens (tertiary/aromatic N) is 3. The molecule has 1 aromatic carbocycles. The van der Waals surface area contributed by atoms with Gasteiger partial charge in [0.2, 0.25) is 11.8 Å². The third-order valence-electron chi connectivity index (χ3n) is 6.36. The lowest BCUT2D eigenvalue weighted by Gasteiger charge is -2.22. The number of para-hydroxylation sites is 1. The van der Waals surface area contributed by atoms with E-state index in [0.717, 1.165) is 38.8 Å². The highest BCUT2D eigenvalue weighted by molar-refractivity contribution is 7.99. The van der Waals surface area contributed by atoms with Crippen molar-refractivity contribution in [1.29, 1.82) is 0 Å². The van der Waals surface area contributed by atoms with Crippen molar-refractivity contribution >= 4 is 34.5 Å². The van der Waals surface area contributed by atoms with Crippen LogP contribution in [0.1, 0.15) is 57.8 Å². The Morgan fingerprint density at radius 1 is 1.06 bits per heavy atom. The standard InChI is InChI=1S/C24H32N4O3S/c29-21(25-18-9-2-1-3-10-18)17-32-24-26-20-12-5-4-11-19(20)23(31)28(24)16-8-13-22(30)27-14-6-7-15-27/h4-5,11-12,18H,1-3,6-10,13-17H2,(H,25,29). The Labute approximate surface area is 193 Å². The third kappa shape index (κ3) is 5.71. The minimum Gasteiger partial charge on any atom is -0.353 e. The molecule has 0 radical (unpaired) electrons. The molecule has 2 amide bonds. The van der Waals surface area contributed by atoms with E-state index >= 15 is 0 Å². The van der Waals surface area contributed by atoms with Crippen LogP contribution in [-0.2, 0) is 16.1 Å². The maximum absolute atomic E-state index is 13.2. The van der Waals surface area contributed by atoms with E-state index in [9.17, 15) is 14.4 Å². The Morgan fingerprint density at radius 3 is 2.59 bits per heavy atom. The predicted molar refractivity (Wildman–Crippen MR) is 127 cm³/mol. The minimum absolute atomic E-state index is 0.0138. The smallest absolute Gasteiger partial charge is 0.262 e. The van der Waals surface area contributed by atoms with Crippen molar-refractivity contribution in [2.75, 3.05) is 18.8 Å². The highest BCUT2D eigenvalue weighted by Crippen LogP contribution is 2.20. The van der Waals surface area contributed by atoms with Gasteiger partial charge in [-0.05, 0) is 44.2 Å². The lowest BCUT2D eigenvalue weighted by Crippen LogP contribution is -2.37. The summed E-state index contributed by atoms with van der Waals surface area (Å²) >= 11 is 1.30. The molecule has 0 spiro atoms. The Balaban J connectivity index is 1.44. The molecule has 1 aliphatic carbocycles. The molecule has 1 saturated heterocycles. The first kappa shape index (κ1) is 22.8. The molecule has 2 aromatic rings. The fourth-order valence-corrected chi connectivity index (χ4v) is 5.45. The van der Waals surface area contributed by atoms with E-state index in [2.05, 4.69) is 10.3 Å². The summed E-state index contributed by atoms with van der Waals surface area (Å²) in [6.45, 7) is 2.10. The first-order valence-corrected chi connectivity index (χ1v) is 12.8. The molecule has 0 atom stereocenters. The van der Waals surface area contributed by atoms with Gasteiger partial charge in [-0.2, -0.15) is 0 Å². The summed E-state index contributed by atoms with van der Waals surface area (Å²) in [6, 6.07) is 7.56. The Hall–Kier alpha value is -2.35. The summed E-state index contributed by atoms with van der Waals surface area (Å²) in [4.78, 5) is 44.6. The molecule has 2 aliphatic rings. The molecule has 0 unspecified atom stereocenters. The Morgan fingerprint density at radius 2 is 1.81 bits per heavy atom. The molecule has 1 aliphatic heterocycles. The van der Waals surface area contributed by atoms with Gasteiger partial charge in [0.15, 0.2) is 5.16 Å². The number of fused-ring (bicyclic) bond motifs is 1. The highest BCUT2D eigenvalue weighted by atomic mass is 32.2. The van der Waals surface area contributed by atoms with Crippen LogP contribution in [-0.4, -0.2) is 51.1 Å². The largest absolute Gasteiger partial charge is 0.353 e. The number of rotatable bonds is 8. The van der Waals surface area contributed by atoms with Crippen LogP contribution < -0.4 is 10.9 Å². The lowest BCUT2D eigenvalue weighted by molar-refractivity contribution is -0.130. The van der Waals surface area contributed by atoms with Gasteiger partial charge >= 0.3 is 0 Å². The van der Waals surface area contributed by atoms with Crippen molar-refractivity contribution < 1.29 is 9.59 Å². The number of carbonyl (C=O) groups is 2. The number of benzene rings is 1. The number of carbonyl (C=O) groups excluding carboxylic acids is 2. The van der Waals surface area contributed by atoms with Crippen molar-refractivity contribution in [2.45, 2.75) is 75.5 Å². The number of likely N-dealkylation sites (tertiary alicyclic amines) is 1. The van der Waals surface area contributed by atoms with E-state index in [1.54, 1.807) is 10.6 Å². The van der Waals surface area contributed by atoms with Gasteiger partial charge in [-0.1, -0.05) is 43.2 Å². The maximum atomic E-state index is 13.2. The van der Waals surface area contributed by atoms with E-state index in [4.69, 9.17) is 0 Å². The molecule has 7 nitrogen and oxygen atoms in total. The molecule has 32 heavy (non-hydrogen) atoms. The van der Waals surface area contributed by atoms with Gasteiger partial charge < -0.3 is 10.2 Å². The predicted octanol–water partition coefficient (Wildman–Crippen LogP) is 3.34. The molecule has 8 heteroatoms. The van der Waals surface area contributed by atoms with Gasteiger partial charge in [0, 0.05) is 32.1 Å². The second-order valence-electron chi connectivity index (χ2n) is 8.75. The molecule has 0 bridgehead atoms. The number of hydrogen-bond donors (Lipinski definition) is 1. The lowest BCUT2D eigenvalue weighted by atomic mass is 9.95. The number of hydrogen-bond acceptors (Lipinski definition) is 5. The van der Waals surface area contributed by atoms with Crippen molar-refractivity contribution in [2.24, 2.45) is 0 Å². The van der Waals surface area contributed by atoms with E-state index in [0.29, 0.717) is 35.4 Å². The molecule has 1 saturated carbocycles. The maximum Gasteiger partial charge on any atom is 0.262 e. The molecule has 2 heterocycles. The molecule has 172 valence electrons. The zero-order chi connectivity index (χ0) is 22.3. The third-order valence-corrected chi connectivity index (χ3v) is 7.34. The molecule has 1 N–H and O–H groups in total. The normalized spacial score (nSPS) is 17.1. The fraction of sp³-hybridized carbons (Fsp3) is 0.583. The van der Waals surface area contributed by atoms with Crippen LogP contribution >= 0.6 is 11.8 Å². The first-order valence-electron chi connectivity index (χ1n) is 11.8. The summed E-state index contributed by atoms with van der Waals surface area (Å²) in [6.07, 6.45) is 8.81. The zero-order valence-electron chi connectivity index (χ0n) is 18.6. The van der Waals surface area contributed by atoms with Crippen LogP contribution in [0.15, 0.2) is 34.2 Å². The quantitative estimate of drug-likeness (QED) is 0.487. The van der Waals surface area contributed by atoms with E-state index < -0.39 is 0 Å². The molecule has 1 aromatic heterocycles. The van der Waals surface area contributed by atoms with E-state index in [1.807, 2.05) is 23.1 Å². The zero-order valence-corrected chi connectivity index (χ0v) is 19.4. The molecular weight excluding hydrogens is 424 g/mol.